The van der Waals surface area contributed by atoms with Crippen LogP contribution >= 0.6 is 0 Å². The van der Waals surface area contributed by atoms with Gasteiger partial charge >= 0.3 is 16.2 Å². The second-order valence-corrected chi connectivity index (χ2v) is 8.99. The van der Waals surface area contributed by atoms with E-state index in [0.29, 0.717) is 9.78 Å². The Morgan fingerprint density at radius 1 is 1.11 bits per heavy atom. The molecule has 27 heavy (non-hydrogen) atoms. The van der Waals surface area contributed by atoms with Gasteiger partial charge in [-0.2, -0.15) is 8.42 Å². The molecule has 2 aliphatic rings. The molecule has 2 amide bonds. The van der Waals surface area contributed by atoms with E-state index < -0.39 is 16.2 Å². The van der Waals surface area contributed by atoms with Crippen LogP contribution in [0.25, 0.3) is 0 Å². The normalized spacial score (nSPS) is 15.7. The lowest BCUT2D eigenvalue weighted by Gasteiger charge is -2.16. The molecule has 8 nitrogen and oxygen atoms in total. The van der Waals surface area contributed by atoms with Crippen molar-refractivity contribution in [1.29, 1.82) is 0 Å². The predicted molar refractivity (Wildman–Crippen MR) is 101 cm³/mol. The van der Waals surface area contributed by atoms with E-state index >= 15 is 0 Å². The summed E-state index contributed by atoms with van der Waals surface area (Å²) in [6.07, 6.45) is 7.27. The number of carbonyl (C=O) groups is 1. The Morgan fingerprint density at radius 2 is 1.74 bits per heavy atom. The summed E-state index contributed by atoms with van der Waals surface area (Å²) in [5.41, 5.74) is 6.17. The molecule has 9 heteroatoms. The first-order chi connectivity index (χ1) is 12.8. The number of hydrogen-bond acceptors (Lipinski definition) is 5. The highest BCUT2D eigenvalue weighted by Crippen LogP contribution is 2.38. The molecule has 0 unspecified atom stereocenters. The molecule has 144 valence electrons. The number of carbonyl (C=O) groups excluding carboxylic acids is 1. The molecule has 2 N–H and O–H groups in total. The smallest absolute Gasteiger partial charge is 0.307 e. The quantitative estimate of drug-likeness (QED) is 0.834. The molecule has 2 aliphatic carbocycles. The van der Waals surface area contributed by atoms with Crippen LogP contribution in [-0.4, -0.2) is 28.8 Å². The van der Waals surface area contributed by atoms with E-state index in [1.54, 1.807) is 0 Å². The number of aromatic nitrogens is 3. The van der Waals surface area contributed by atoms with Gasteiger partial charge in [-0.1, -0.05) is 25.1 Å². The van der Waals surface area contributed by atoms with Crippen molar-refractivity contribution in [2.45, 2.75) is 58.3 Å². The number of rotatable bonds is 4. The van der Waals surface area contributed by atoms with Crippen LogP contribution in [0.1, 0.15) is 60.6 Å². The number of nitrogens with zero attached hydrogens (tertiary/aromatic N) is 3. The summed E-state index contributed by atoms with van der Waals surface area (Å²) in [5, 5.41) is 10.3. The van der Waals surface area contributed by atoms with Crippen LogP contribution in [0, 0.1) is 0 Å². The number of anilines is 1. The Balaban J connectivity index is 1.57. The van der Waals surface area contributed by atoms with E-state index in [9.17, 15) is 13.2 Å². The highest BCUT2D eigenvalue weighted by Gasteiger charge is 2.26. The maximum Gasteiger partial charge on any atom is 0.347 e. The summed E-state index contributed by atoms with van der Waals surface area (Å²) >= 11 is 0. The van der Waals surface area contributed by atoms with Crippen LogP contribution in [-0.2, 0) is 35.9 Å². The third-order valence-corrected chi connectivity index (χ3v) is 6.38. The fraction of sp³-hybridized carbons (Fsp3) is 0.500. The first kappa shape index (κ1) is 18.0. The van der Waals surface area contributed by atoms with Gasteiger partial charge in [-0.15, -0.1) is 9.19 Å². The summed E-state index contributed by atoms with van der Waals surface area (Å²) in [6, 6.07) is 1.49. The molecule has 0 saturated heterocycles. The van der Waals surface area contributed by atoms with Crippen molar-refractivity contribution in [2.24, 2.45) is 0 Å². The van der Waals surface area contributed by atoms with E-state index in [1.165, 1.54) is 17.3 Å². The largest absolute Gasteiger partial charge is 0.347 e. The average molecular weight is 389 g/mol. The van der Waals surface area contributed by atoms with Crippen LogP contribution in [0.3, 0.4) is 0 Å². The van der Waals surface area contributed by atoms with E-state index in [-0.39, 0.29) is 5.92 Å². The number of urea groups is 1. The standard InChI is InChI=1S/C18H23N5O3S/c1-11(2)16-10-23(22-20-16)27(25,26)21-18(24)19-17-14-7-3-5-12(14)9-13-6-4-8-15(13)17/h9-11H,3-8H2,1-2H3,(H2,19,21,24). The zero-order valence-electron chi connectivity index (χ0n) is 15.4. The van der Waals surface area contributed by atoms with Gasteiger partial charge in [0.2, 0.25) is 0 Å². The number of fused-ring (bicyclic) bond motifs is 2. The van der Waals surface area contributed by atoms with E-state index in [0.717, 1.165) is 55.3 Å². The molecule has 0 fully saturated rings. The fourth-order valence-electron chi connectivity index (χ4n) is 3.91. The summed E-state index contributed by atoms with van der Waals surface area (Å²) < 4.78 is 27.6. The van der Waals surface area contributed by atoms with Gasteiger partial charge in [0.1, 0.15) is 0 Å². The Labute approximate surface area is 158 Å². The first-order valence-corrected chi connectivity index (χ1v) is 10.7. The first-order valence-electron chi connectivity index (χ1n) is 9.28. The maximum atomic E-state index is 12.5. The highest BCUT2D eigenvalue weighted by atomic mass is 32.2. The second kappa shape index (κ2) is 6.63. The predicted octanol–water partition coefficient (Wildman–Crippen LogP) is 2.29. The van der Waals surface area contributed by atoms with Gasteiger partial charge in [0.25, 0.3) is 0 Å². The van der Waals surface area contributed by atoms with Crippen LogP contribution < -0.4 is 10.0 Å². The molecular weight excluding hydrogens is 366 g/mol. The maximum absolute atomic E-state index is 12.5. The van der Waals surface area contributed by atoms with Crippen LogP contribution in [0.2, 0.25) is 0 Å². The Bertz CT molecular complexity index is 978. The molecule has 1 heterocycles. The van der Waals surface area contributed by atoms with Crippen LogP contribution in [0.4, 0.5) is 10.5 Å². The topological polar surface area (TPSA) is 106 Å². The van der Waals surface area contributed by atoms with Crippen molar-refractivity contribution in [3.8, 4) is 0 Å². The second-order valence-electron chi connectivity index (χ2n) is 7.47. The van der Waals surface area contributed by atoms with Gasteiger partial charge in [0.05, 0.1) is 11.9 Å². The molecular formula is C18H23N5O3S. The molecule has 0 bridgehead atoms. The van der Waals surface area contributed by atoms with Gasteiger partial charge in [-0.25, -0.2) is 9.52 Å². The van der Waals surface area contributed by atoms with Crippen LogP contribution in [0.5, 0.6) is 0 Å². The third-order valence-electron chi connectivity index (χ3n) is 5.26. The minimum absolute atomic E-state index is 0.0391. The number of nitrogens with one attached hydrogen (secondary N) is 2. The summed E-state index contributed by atoms with van der Waals surface area (Å²) in [6.45, 7) is 3.77. The molecule has 2 aromatic rings. The lowest BCUT2D eigenvalue weighted by Crippen LogP contribution is -2.38. The summed E-state index contributed by atoms with van der Waals surface area (Å²) in [7, 11) is -4.14. The lowest BCUT2D eigenvalue weighted by atomic mass is 9.99. The molecule has 1 aromatic carbocycles. The lowest BCUT2D eigenvalue weighted by molar-refractivity contribution is 0.256. The minimum atomic E-state index is -4.14. The Hall–Kier alpha value is -2.42. The third kappa shape index (κ3) is 3.31. The van der Waals surface area contributed by atoms with E-state index in [1.807, 2.05) is 18.6 Å². The molecule has 1 aromatic heterocycles. The highest BCUT2D eigenvalue weighted by molar-refractivity contribution is 7.88. The minimum Gasteiger partial charge on any atom is -0.307 e. The Morgan fingerprint density at radius 3 is 2.30 bits per heavy atom. The SMILES string of the molecule is CC(C)c1cn(S(=O)(=O)NC(=O)Nc2c3c(cc4c2CCC4)CCC3)nn1. The van der Waals surface area contributed by atoms with Gasteiger partial charge < -0.3 is 5.32 Å². The van der Waals surface area contributed by atoms with E-state index in [4.69, 9.17) is 0 Å². The molecule has 4 rings (SSSR count). The van der Waals surface area contributed by atoms with Gasteiger partial charge in [0.15, 0.2) is 0 Å². The van der Waals surface area contributed by atoms with E-state index in [2.05, 4.69) is 21.7 Å². The van der Waals surface area contributed by atoms with Crippen molar-refractivity contribution >= 4 is 21.9 Å². The summed E-state index contributed by atoms with van der Waals surface area (Å²) in [5.74, 6) is 0.0391. The monoisotopic (exact) mass is 389 g/mol. The van der Waals surface area contributed by atoms with Crippen molar-refractivity contribution in [3.63, 3.8) is 0 Å². The number of aryl methyl sites for hydroxylation is 2. The molecule has 0 spiro atoms. The van der Waals surface area contributed by atoms with Crippen molar-refractivity contribution in [2.75, 3.05) is 5.32 Å². The molecule has 0 radical (unpaired) electrons. The number of amides is 2. The zero-order valence-corrected chi connectivity index (χ0v) is 16.3. The van der Waals surface area contributed by atoms with Crippen molar-refractivity contribution in [3.05, 3.63) is 40.2 Å². The van der Waals surface area contributed by atoms with Gasteiger partial charge in [-0.3, -0.25) is 0 Å². The van der Waals surface area contributed by atoms with Crippen molar-refractivity contribution < 1.29 is 13.2 Å². The summed E-state index contributed by atoms with van der Waals surface area (Å²) in [4.78, 5) is 12.5. The molecule has 0 saturated carbocycles. The zero-order chi connectivity index (χ0) is 19.2. The number of hydrogen-bond donors (Lipinski definition) is 2. The van der Waals surface area contributed by atoms with Gasteiger partial charge in [0, 0.05) is 5.69 Å². The van der Waals surface area contributed by atoms with Gasteiger partial charge in [-0.05, 0) is 66.7 Å². The van der Waals surface area contributed by atoms with Crippen LogP contribution in [0.15, 0.2) is 12.3 Å². The van der Waals surface area contributed by atoms with Crippen molar-refractivity contribution in [1.82, 2.24) is 19.1 Å². The molecule has 0 atom stereocenters. The fourth-order valence-corrected chi connectivity index (χ4v) is 4.67. The molecule has 0 aliphatic heterocycles. The number of benzene rings is 1. The Kier molecular flexibility index (Phi) is 4.41. The average Bonchev–Trinajstić information content (AvgIpc) is 3.34.